The van der Waals surface area contributed by atoms with E-state index in [4.69, 9.17) is 9.72 Å². The number of para-hydroxylation sites is 1. The van der Waals surface area contributed by atoms with Crippen molar-refractivity contribution in [2.24, 2.45) is 0 Å². The van der Waals surface area contributed by atoms with Gasteiger partial charge in [-0.05, 0) is 79.9 Å². The second kappa shape index (κ2) is 12.5. The molecule has 0 unspecified atom stereocenters. The number of benzene rings is 3. The predicted octanol–water partition coefficient (Wildman–Crippen LogP) is 10.2. The number of hydrogen-bond acceptors (Lipinski definition) is 4. The second-order valence-electron chi connectivity index (χ2n) is 12.0. The Kier molecular flexibility index (Phi) is 7.72. The monoisotopic (exact) mass is 620 g/mol. The van der Waals surface area contributed by atoms with Gasteiger partial charge in [0, 0.05) is 58.6 Å². The van der Waals surface area contributed by atoms with Gasteiger partial charge < -0.3 is 13.9 Å². The molecule has 46 heavy (non-hydrogen) atoms. The molecule has 0 aliphatic carbocycles. The molecule has 5 heterocycles. The summed E-state index contributed by atoms with van der Waals surface area (Å²) in [5.41, 5.74) is 8.45. The van der Waals surface area contributed by atoms with Gasteiger partial charge in [0.15, 0.2) is 0 Å². The highest BCUT2D eigenvalue weighted by Crippen LogP contribution is 2.37. The fourth-order valence-corrected chi connectivity index (χ4v) is 7.72. The molecule has 0 aliphatic rings. The molecule has 5 nitrogen and oxygen atoms in total. The van der Waals surface area contributed by atoms with Crippen molar-refractivity contribution >= 4 is 54.9 Å². The summed E-state index contributed by atoms with van der Waals surface area (Å²) in [6, 6.07) is 34.6. The molecular weight excluding hydrogens is 585 g/mol. The Hall–Kier alpha value is -4.94. The molecule has 6 heteroatoms. The van der Waals surface area contributed by atoms with E-state index in [9.17, 15) is 0 Å². The standard InChI is InChI=1S/C40H36N4OS/c1-28-39-33(19-21-41-28)32-18-17-30(27-36(32)44(39)24-9-13-29-11-3-2-4-12-29)45-25-8-7-23-43-35-15-6-5-14-31(35)34-20-22-42-38(40(34)43)37-16-10-26-46-37/h2-6,10-12,14-22,26-27H,7-9,13,23-25H2,1H3. The quantitative estimate of drug-likeness (QED) is 0.135. The van der Waals surface area contributed by atoms with Crippen molar-refractivity contribution in [3.8, 4) is 16.3 Å². The number of rotatable bonds is 11. The van der Waals surface area contributed by atoms with E-state index in [1.54, 1.807) is 11.3 Å². The van der Waals surface area contributed by atoms with Crippen LogP contribution in [-0.4, -0.2) is 25.7 Å². The third-order valence-electron chi connectivity index (χ3n) is 9.10. The number of nitrogens with zero attached hydrogens (tertiary/aromatic N) is 4. The fourth-order valence-electron chi connectivity index (χ4n) is 7.00. The molecule has 0 fully saturated rings. The Bertz CT molecular complexity index is 2280. The highest BCUT2D eigenvalue weighted by molar-refractivity contribution is 7.13. The molecule has 5 aromatic heterocycles. The van der Waals surface area contributed by atoms with E-state index in [0.29, 0.717) is 6.61 Å². The topological polar surface area (TPSA) is 44.9 Å². The van der Waals surface area contributed by atoms with E-state index < -0.39 is 0 Å². The summed E-state index contributed by atoms with van der Waals surface area (Å²) in [6.45, 7) is 4.64. The van der Waals surface area contributed by atoms with E-state index in [1.165, 1.54) is 54.1 Å². The number of thiophene rings is 1. The molecule has 8 rings (SSSR count). The number of aromatic nitrogens is 4. The third-order valence-corrected chi connectivity index (χ3v) is 9.97. The molecule has 0 bridgehead atoms. The average Bonchev–Trinajstić information content (AvgIpc) is 3.82. The zero-order chi connectivity index (χ0) is 30.9. The number of fused-ring (bicyclic) bond motifs is 6. The Labute approximate surface area is 272 Å². The van der Waals surface area contributed by atoms with Crippen LogP contribution in [0.1, 0.15) is 30.5 Å². The molecule has 3 aromatic carbocycles. The lowest BCUT2D eigenvalue weighted by atomic mass is 10.1. The molecule has 0 saturated heterocycles. The summed E-state index contributed by atoms with van der Waals surface area (Å²) in [4.78, 5) is 10.7. The number of unbranched alkanes of at least 4 members (excludes halogenated alkanes) is 1. The minimum Gasteiger partial charge on any atom is -0.494 e. The first-order valence-electron chi connectivity index (χ1n) is 16.2. The van der Waals surface area contributed by atoms with E-state index in [-0.39, 0.29) is 0 Å². The van der Waals surface area contributed by atoms with Crippen LogP contribution in [0.5, 0.6) is 5.75 Å². The SMILES string of the molecule is Cc1nccc2c3ccc(OCCCCn4c5ccccc5c5ccnc(-c6cccs6)c54)cc3n(CCCc3ccccc3)c12. The van der Waals surface area contributed by atoms with Crippen LogP contribution in [-0.2, 0) is 19.5 Å². The summed E-state index contributed by atoms with van der Waals surface area (Å²) >= 11 is 1.74. The van der Waals surface area contributed by atoms with Gasteiger partial charge in [0.1, 0.15) is 11.4 Å². The Balaban J connectivity index is 1.00. The maximum absolute atomic E-state index is 6.40. The van der Waals surface area contributed by atoms with Crippen LogP contribution in [0.15, 0.2) is 115 Å². The van der Waals surface area contributed by atoms with Crippen LogP contribution < -0.4 is 4.74 Å². The van der Waals surface area contributed by atoms with Crippen molar-refractivity contribution < 1.29 is 4.74 Å². The van der Waals surface area contributed by atoms with E-state index in [1.807, 2.05) is 12.4 Å². The molecule has 0 aliphatic heterocycles. The van der Waals surface area contributed by atoms with Crippen molar-refractivity contribution in [1.82, 2.24) is 19.1 Å². The van der Waals surface area contributed by atoms with Gasteiger partial charge in [-0.15, -0.1) is 11.3 Å². The largest absolute Gasteiger partial charge is 0.494 e. The van der Waals surface area contributed by atoms with Crippen molar-refractivity contribution in [2.45, 2.75) is 45.7 Å². The van der Waals surface area contributed by atoms with E-state index in [2.05, 4.69) is 123 Å². The summed E-state index contributed by atoms with van der Waals surface area (Å²) in [5, 5.41) is 7.19. The summed E-state index contributed by atoms with van der Waals surface area (Å²) in [7, 11) is 0. The molecule has 0 spiro atoms. The van der Waals surface area contributed by atoms with Gasteiger partial charge in [0.2, 0.25) is 0 Å². The molecule has 0 saturated carbocycles. The zero-order valence-corrected chi connectivity index (χ0v) is 26.8. The number of pyridine rings is 2. The maximum atomic E-state index is 6.40. The number of hydrogen-bond donors (Lipinski definition) is 0. The lowest BCUT2D eigenvalue weighted by Gasteiger charge is -2.12. The van der Waals surface area contributed by atoms with Crippen LogP contribution in [0.3, 0.4) is 0 Å². The second-order valence-corrected chi connectivity index (χ2v) is 12.9. The van der Waals surface area contributed by atoms with Crippen LogP contribution in [0.25, 0.3) is 54.2 Å². The van der Waals surface area contributed by atoms with Gasteiger partial charge in [-0.3, -0.25) is 9.97 Å². The molecular formula is C40H36N4OS. The van der Waals surface area contributed by atoms with Crippen LogP contribution in [0, 0.1) is 6.92 Å². The van der Waals surface area contributed by atoms with Gasteiger partial charge in [-0.25, -0.2) is 0 Å². The molecule has 0 amide bonds. The van der Waals surface area contributed by atoms with E-state index >= 15 is 0 Å². The third kappa shape index (κ3) is 5.23. The van der Waals surface area contributed by atoms with Crippen molar-refractivity contribution in [3.05, 3.63) is 126 Å². The zero-order valence-electron chi connectivity index (χ0n) is 26.0. The fraction of sp³-hybridized carbons (Fsp3) is 0.200. The summed E-state index contributed by atoms with van der Waals surface area (Å²) in [5.74, 6) is 0.922. The van der Waals surface area contributed by atoms with Crippen molar-refractivity contribution in [3.63, 3.8) is 0 Å². The van der Waals surface area contributed by atoms with Crippen molar-refractivity contribution in [2.75, 3.05) is 6.61 Å². The molecule has 0 radical (unpaired) electrons. The van der Waals surface area contributed by atoms with Crippen molar-refractivity contribution in [1.29, 1.82) is 0 Å². The van der Waals surface area contributed by atoms with Gasteiger partial charge in [0.05, 0.1) is 33.7 Å². The Morgan fingerprint density at radius 2 is 1.41 bits per heavy atom. The highest BCUT2D eigenvalue weighted by Gasteiger charge is 2.17. The van der Waals surface area contributed by atoms with Gasteiger partial charge in [-0.2, -0.15) is 0 Å². The van der Waals surface area contributed by atoms with Crippen LogP contribution in [0.2, 0.25) is 0 Å². The van der Waals surface area contributed by atoms with Crippen LogP contribution in [0.4, 0.5) is 0 Å². The normalized spacial score (nSPS) is 11.8. The lowest BCUT2D eigenvalue weighted by molar-refractivity contribution is 0.304. The molecule has 228 valence electrons. The lowest BCUT2D eigenvalue weighted by Crippen LogP contribution is -2.04. The predicted molar refractivity (Wildman–Crippen MR) is 192 cm³/mol. The minimum atomic E-state index is 0.674. The van der Waals surface area contributed by atoms with Gasteiger partial charge in [-0.1, -0.05) is 54.6 Å². The first-order valence-corrected chi connectivity index (χ1v) is 17.1. The average molecular weight is 621 g/mol. The van der Waals surface area contributed by atoms with Gasteiger partial charge >= 0.3 is 0 Å². The molecule has 0 atom stereocenters. The summed E-state index contributed by atoms with van der Waals surface area (Å²) < 4.78 is 11.3. The maximum Gasteiger partial charge on any atom is 0.121 e. The number of aryl methyl sites for hydroxylation is 4. The first kappa shape index (κ1) is 28.5. The molecule has 0 N–H and O–H groups in total. The molecule has 8 aromatic rings. The summed E-state index contributed by atoms with van der Waals surface area (Å²) in [6.07, 6.45) is 7.96. The first-order chi connectivity index (χ1) is 22.8. The minimum absolute atomic E-state index is 0.674. The Morgan fingerprint density at radius 3 is 2.28 bits per heavy atom. The number of ether oxygens (including phenoxy) is 1. The Morgan fingerprint density at radius 1 is 0.652 bits per heavy atom. The smallest absolute Gasteiger partial charge is 0.121 e. The van der Waals surface area contributed by atoms with E-state index in [0.717, 1.165) is 55.9 Å². The van der Waals surface area contributed by atoms with Gasteiger partial charge in [0.25, 0.3) is 0 Å². The van der Waals surface area contributed by atoms with Crippen LogP contribution >= 0.6 is 11.3 Å². The highest BCUT2D eigenvalue weighted by atomic mass is 32.1.